The van der Waals surface area contributed by atoms with E-state index >= 15 is 0 Å². The van der Waals surface area contributed by atoms with Gasteiger partial charge >= 0.3 is 0 Å². The molecule has 0 spiro atoms. The Balaban J connectivity index is 2.14. The highest BCUT2D eigenvalue weighted by atomic mass is 15.1. The van der Waals surface area contributed by atoms with Crippen molar-refractivity contribution in [3.63, 3.8) is 0 Å². The molecular weight excluding hydrogens is 176 g/mol. The third kappa shape index (κ3) is 1.85. The Morgan fingerprint density at radius 2 is 2.21 bits per heavy atom. The SMILES string of the molecule is Cc1nccnc1NC1(C)CCNC1. The molecule has 4 nitrogen and oxygen atoms in total. The zero-order valence-corrected chi connectivity index (χ0v) is 8.67. The highest BCUT2D eigenvalue weighted by molar-refractivity contribution is 5.41. The fourth-order valence-corrected chi connectivity index (χ4v) is 1.74. The number of hydrogen-bond donors (Lipinski definition) is 2. The summed E-state index contributed by atoms with van der Waals surface area (Å²) in [5.74, 6) is 0.902. The molecular formula is C10H16N4. The van der Waals surface area contributed by atoms with Gasteiger partial charge in [0.05, 0.1) is 5.69 Å². The summed E-state index contributed by atoms with van der Waals surface area (Å²) >= 11 is 0. The number of nitrogens with zero attached hydrogens (tertiary/aromatic N) is 2. The van der Waals surface area contributed by atoms with Crippen LogP contribution in [-0.2, 0) is 0 Å². The van der Waals surface area contributed by atoms with Gasteiger partial charge in [0.15, 0.2) is 0 Å². The van der Waals surface area contributed by atoms with Gasteiger partial charge in [0.1, 0.15) is 5.82 Å². The molecule has 0 aliphatic carbocycles. The van der Waals surface area contributed by atoms with E-state index in [1.165, 1.54) is 0 Å². The van der Waals surface area contributed by atoms with Gasteiger partial charge in [-0.05, 0) is 26.8 Å². The molecule has 4 heteroatoms. The van der Waals surface area contributed by atoms with Crippen molar-refractivity contribution in [3.05, 3.63) is 18.1 Å². The van der Waals surface area contributed by atoms with Crippen molar-refractivity contribution >= 4 is 5.82 Å². The van der Waals surface area contributed by atoms with E-state index in [-0.39, 0.29) is 5.54 Å². The Kier molecular flexibility index (Phi) is 2.37. The predicted molar refractivity (Wildman–Crippen MR) is 56.3 cm³/mol. The number of nitrogens with one attached hydrogen (secondary N) is 2. The molecule has 1 aromatic heterocycles. The minimum absolute atomic E-state index is 0.126. The number of hydrogen-bond acceptors (Lipinski definition) is 4. The molecule has 0 radical (unpaired) electrons. The van der Waals surface area contributed by atoms with Gasteiger partial charge in [-0.1, -0.05) is 0 Å². The summed E-state index contributed by atoms with van der Waals surface area (Å²) in [6.07, 6.45) is 4.57. The first-order valence-electron chi connectivity index (χ1n) is 4.96. The lowest BCUT2D eigenvalue weighted by Crippen LogP contribution is -2.37. The van der Waals surface area contributed by atoms with Gasteiger partial charge < -0.3 is 10.6 Å². The maximum atomic E-state index is 4.29. The highest BCUT2D eigenvalue weighted by Crippen LogP contribution is 2.20. The third-order valence-corrected chi connectivity index (χ3v) is 2.67. The molecule has 14 heavy (non-hydrogen) atoms. The molecule has 0 amide bonds. The molecule has 2 heterocycles. The first-order chi connectivity index (χ1) is 6.70. The maximum Gasteiger partial charge on any atom is 0.147 e. The molecule has 1 atom stereocenters. The third-order valence-electron chi connectivity index (χ3n) is 2.67. The van der Waals surface area contributed by atoms with Crippen LogP contribution in [0.3, 0.4) is 0 Å². The number of anilines is 1. The van der Waals surface area contributed by atoms with E-state index in [0.29, 0.717) is 0 Å². The summed E-state index contributed by atoms with van der Waals surface area (Å²) in [6.45, 7) is 6.24. The quantitative estimate of drug-likeness (QED) is 0.732. The van der Waals surface area contributed by atoms with Crippen LogP contribution in [-0.4, -0.2) is 28.6 Å². The van der Waals surface area contributed by atoms with E-state index in [2.05, 4.69) is 27.5 Å². The van der Waals surface area contributed by atoms with Gasteiger partial charge in [-0.25, -0.2) is 4.98 Å². The summed E-state index contributed by atoms with van der Waals surface area (Å²) in [6, 6.07) is 0. The molecule has 0 bridgehead atoms. The number of aromatic nitrogens is 2. The van der Waals surface area contributed by atoms with Gasteiger partial charge in [0.25, 0.3) is 0 Å². The Bertz CT molecular complexity index is 318. The van der Waals surface area contributed by atoms with Gasteiger partial charge in [-0.15, -0.1) is 0 Å². The van der Waals surface area contributed by atoms with E-state index < -0.39 is 0 Å². The standard InChI is InChI=1S/C10H16N4/c1-8-9(13-6-5-12-8)14-10(2)3-4-11-7-10/h5-6,11H,3-4,7H2,1-2H3,(H,13,14). The van der Waals surface area contributed by atoms with Crippen molar-refractivity contribution in [2.24, 2.45) is 0 Å². The lowest BCUT2D eigenvalue weighted by Gasteiger charge is -2.25. The Morgan fingerprint density at radius 3 is 2.86 bits per heavy atom. The lowest BCUT2D eigenvalue weighted by molar-refractivity contribution is 0.563. The molecule has 1 fully saturated rings. The van der Waals surface area contributed by atoms with E-state index in [4.69, 9.17) is 0 Å². The fraction of sp³-hybridized carbons (Fsp3) is 0.600. The van der Waals surface area contributed by atoms with Crippen molar-refractivity contribution in [1.29, 1.82) is 0 Å². The van der Waals surface area contributed by atoms with Crippen LogP contribution in [0.5, 0.6) is 0 Å². The summed E-state index contributed by atoms with van der Waals surface area (Å²) in [7, 11) is 0. The summed E-state index contributed by atoms with van der Waals surface area (Å²) in [5.41, 5.74) is 1.08. The largest absolute Gasteiger partial charge is 0.362 e. The van der Waals surface area contributed by atoms with E-state index in [1.807, 2.05) is 6.92 Å². The average molecular weight is 192 g/mol. The second-order valence-electron chi connectivity index (χ2n) is 4.10. The van der Waals surface area contributed by atoms with Crippen LogP contribution in [0.4, 0.5) is 5.82 Å². The summed E-state index contributed by atoms with van der Waals surface area (Å²) in [5, 5.41) is 6.79. The Labute approximate surface area is 84.2 Å². The fourth-order valence-electron chi connectivity index (χ4n) is 1.74. The molecule has 0 saturated carbocycles. The maximum absolute atomic E-state index is 4.29. The molecule has 0 aromatic carbocycles. The molecule has 1 unspecified atom stereocenters. The first-order valence-corrected chi connectivity index (χ1v) is 4.96. The van der Waals surface area contributed by atoms with E-state index in [9.17, 15) is 0 Å². The van der Waals surface area contributed by atoms with Crippen LogP contribution in [0.1, 0.15) is 19.0 Å². The smallest absolute Gasteiger partial charge is 0.147 e. The van der Waals surface area contributed by atoms with Crippen molar-refractivity contribution in [1.82, 2.24) is 15.3 Å². The number of rotatable bonds is 2. The van der Waals surface area contributed by atoms with Gasteiger partial charge in [0.2, 0.25) is 0 Å². The van der Waals surface area contributed by atoms with Crippen LogP contribution in [0, 0.1) is 6.92 Å². The van der Waals surface area contributed by atoms with Crippen LogP contribution in [0.2, 0.25) is 0 Å². The monoisotopic (exact) mass is 192 g/mol. The van der Waals surface area contributed by atoms with Crippen LogP contribution >= 0.6 is 0 Å². The Morgan fingerprint density at radius 1 is 1.43 bits per heavy atom. The lowest BCUT2D eigenvalue weighted by atomic mass is 10.0. The van der Waals surface area contributed by atoms with Crippen LogP contribution in [0.25, 0.3) is 0 Å². The first kappa shape index (κ1) is 9.40. The van der Waals surface area contributed by atoms with E-state index in [0.717, 1.165) is 31.0 Å². The molecule has 1 aliphatic heterocycles. The van der Waals surface area contributed by atoms with Crippen molar-refractivity contribution in [2.45, 2.75) is 25.8 Å². The minimum atomic E-state index is 0.126. The Hall–Kier alpha value is -1.16. The topological polar surface area (TPSA) is 49.8 Å². The van der Waals surface area contributed by atoms with Crippen LogP contribution < -0.4 is 10.6 Å². The van der Waals surface area contributed by atoms with Gasteiger partial charge in [-0.3, -0.25) is 4.98 Å². The van der Waals surface area contributed by atoms with Crippen molar-refractivity contribution in [3.8, 4) is 0 Å². The zero-order valence-electron chi connectivity index (χ0n) is 8.67. The van der Waals surface area contributed by atoms with Crippen LogP contribution in [0.15, 0.2) is 12.4 Å². The zero-order chi connectivity index (χ0) is 10.0. The normalized spacial score (nSPS) is 26.4. The minimum Gasteiger partial charge on any atom is -0.362 e. The predicted octanol–water partition coefficient (Wildman–Crippen LogP) is 0.949. The molecule has 76 valence electrons. The van der Waals surface area contributed by atoms with Gasteiger partial charge in [0, 0.05) is 24.5 Å². The second-order valence-corrected chi connectivity index (χ2v) is 4.10. The molecule has 2 rings (SSSR count). The highest BCUT2D eigenvalue weighted by Gasteiger charge is 2.28. The molecule has 1 saturated heterocycles. The van der Waals surface area contributed by atoms with E-state index in [1.54, 1.807) is 12.4 Å². The molecule has 1 aromatic rings. The van der Waals surface area contributed by atoms with Crippen molar-refractivity contribution < 1.29 is 0 Å². The molecule has 2 N–H and O–H groups in total. The average Bonchev–Trinajstić information content (AvgIpc) is 2.57. The number of aryl methyl sites for hydroxylation is 1. The van der Waals surface area contributed by atoms with Gasteiger partial charge in [-0.2, -0.15) is 0 Å². The second kappa shape index (κ2) is 3.53. The molecule has 1 aliphatic rings. The summed E-state index contributed by atoms with van der Waals surface area (Å²) in [4.78, 5) is 8.49. The summed E-state index contributed by atoms with van der Waals surface area (Å²) < 4.78 is 0. The van der Waals surface area contributed by atoms with Crippen molar-refractivity contribution in [2.75, 3.05) is 18.4 Å².